The molecule has 0 spiro atoms. The quantitative estimate of drug-likeness (QED) is 0.621. The standard InChI is InChI=1S/C18H13Cl2N3O4/c1-27-14-4-2-3-13(8-14)23-17(25)15(16(24)22-18(23)26)9-21-12-6-10(19)5-11(20)7-12/h2-9,15H,1H3,(H,22,24,26)/t15-/m0/s1. The van der Waals surface area contributed by atoms with E-state index in [-0.39, 0.29) is 5.69 Å². The fraction of sp³-hybridized carbons (Fsp3) is 0.111. The van der Waals surface area contributed by atoms with Crippen molar-refractivity contribution in [2.75, 3.05) is 12.0 Å². The minimum atomic E-state index is -1.29. The van der Waals surface area contributed by atoms with Crippen LogP contribution in [-0.4, -0.2) is 31.2 Å². The number of anilines is 1. The van der Waals surface area contributed by atoms with Gasteiger partial charge in [0.1, 0.15) is 5.75 Å². The molecule has 0 aromatic heterocycles. The number of imide groups is 2. The largest absolute Gasteiger partial charge is 0.497 e. The number of methoxy groups -OCH3 is 1. The second-order valence-corrected chi connectivity index (χ2v) is 6.43. The van der Waals surface area contributed by atoms with Crippen LogP contribution in [0.3, 0.4) is 0 Å². The van der Waals surface area contributed by atoms with Crippen molar-refractivity contribution in [2.24, 2.45) is 10.9 Å². The van der Waals surface area contributed by atoms with Crippen molar-refractivity contribution in [3.8, 4) is 5.75 Å². The number of hydrogen-bond acceptors (Lipinski definition) is 5. The molecule has 4 amide bonds. The Balaban J connectivity index is 1.91. The van der Waals surface area contributed by atoms with Gasteiger partial charge in [0, 0.05) is 22.3 Å². The van der Waals surface area contributed by atoms with E-state index < -0.39 is 23.8 Å². The maximum atomic E-state index is 12.8. The van der Waals surface area contributed by atoms with Crippen molar-refractivity contribution in [2.45, 2.75) is 0 Å². The Morgan fingerprint density at radius 3 is 2.48 bits per heavy atom. The molecule has 1 saturated heterocycles. The minimum absolute atomic E-state index is 0.272. The van der Waals surface area contributed by atoms with Crippen LogP contribution in [0.2, 0.25) is 10.0 Å². The molecule has 138 valence electrons. The maximum Gasteiger partial charge on any atom is 0.335 e. The molecule has 1 heterocycles. The van der Waals surface area contributed by atoms with Gasteiger partial charge in [0.05, 0.1) is 18.5 Å². The van der Waals surface area contributed by atoms with Crippen LogP contribution in [0.15, 0.2) is 47.5 Å². The number of rotatable bonds is 4. The molecule has 0 bridgehead atoms. The van der Waals surface area contributed by atoms with Crippen molar-refractivity contribution < 1.29 is 19.1 Å². The first-order valence-corrected chi connectivity index (χ1v) is 8.48. The number of nitrogens with zero attached hydrogens (tertiary/aromatic N) is 2. The smallest absolute Gasteiger partial charge is 0.335 e. The van der Waals surface area contributed by atoms with Gasteiger partial charge in [-0.1, -0.05) is 29.3 Å². The summed E-state index contributed by atoms with van der Waals surface area (Å²) in [5, 5.41) is 2.87. The third-order valence-corrected chi connectivity index (χ3v) is 4.17. The van der Waals surface area contributed by atoms with E-state index in [0.29, 0.717) is 21.5 Å². The lowest BCUT2D eigenvalue weighted by atomic mass is 10.1. The summed E-state index contributed by atoms with van der Waals surface area (Å²) in [5.41, 5.74) is 0.645. The Morgan fingerprint density at radius 1 is 1.11 bits per heavy atom. The van der Waals surface area contributed by atoms with Crippen molar-refractivity contribution in [3.63, 3.8) is 0 Å². The normalized spacial score (nSPS) is 17.4. The van der Waals surface area contributed by atoms with Gasteiger partial charge in [-0.15, -0.1) is 0 Å². The zero-order valence-electron chi connectivity index (χ0n) is 14.0. The van der Waals surface area contributed by atoms with Crippen molar-refractivity contribution in [1.29, 1.82) is 0 Å². The first kappa shape index (κ1) is 18.9. The Morgan fingerprint density at radius 2 is 1.81 bits per heavy atom. The number of aliphatic imine (C=N–C) groups is 1. The van der Waals surface area contributed by atoms with Crippen molar-refractivity contribution in [3.05, 3.63) is 52.5 Å². The van der Waals surface area contributed by atoms with E-state index in [1.807, 2.05) is 0 Å². The summed E-state index contributed by atoms with van der Waals surface area (Å²) in [6.45, 7) is 0. The molecule has 2 aromatic carbocycles. The van der Waals surface area contributed by atoms with E-state index in [1.54, 1.807) is 18.2 Å². The summed E-state index contributed by atoms with van der Waals surface area (Å²) in [5.74, 6) is -2.31. The summed E-state index contributed by atoms with van der Waals surface area (Å²) < 4.78 is 5.10. The molecular formula is C18H13Cl2N3O4. The summed E-state index contributed by atoms with van der Waals surface area (Å²) in [6.07, 6.45) is 1.15. The van der Waals surface area contributed by atoms with Crippen LogP contribution in [0, 0.1) is 5.92 Å². The minimum Gasteiger partial charge on any atom is -0.497 e. The highest BCUT2D eigenvalue weighted by Gasteiger charge is 2.40. The van der Waals surface area contributed by atoms with E-state index in [4.69, 9.17) is 27.9 Å². The van der Waals surface area contributed by atoms with Gasteiger partial charge in [0.2, 0.25) is 5.91 Å². The van der Waals surface area contributed by atoms with Gasteiger partial charge in [-0.25, -0.2) is 9.69 Å². The second-order valence-electron chi connectivity index (χ2n) is 5.55. The van der Waals surface area contributed by atoms with E-state index in [2.05, 4.69) is 10.3 Å². The number of carbonyl (C=O) groups excluding carboxylic acids is 3. The van der Waals surface area contributed by atoms with Gasteiger partial charge >= 0.3 is 6.03 Å². The third-order valence-electron chi connectivity index (χ3n) is 3.73. The summed E-state index contributed by atoms with van der Waals surface area (Å²) in [6, 6.07) is 10.1. The molecule has 0 saturated carbocycles. The summed E-state index contributed by atoms with van der Waals surface area (Å²) in [7, 11) is 1.46. The molecule has 0 radical (unpaired) electrons. The van der Waals surface area contributed by atoms with Crippen molar-refractivity contribution in [1.82, 2.24) is 5.32 Å². The van der Waals surface area contributed by atoms with Crippen LogP contribution in [0.1, 0.15) is 0 Å². The first-order chi connectivity index (χ1) is 12.9. The Bertz CT molecular complexity index is 941. The van der Waals surface area contributed by atoms with Crippen LogP contribution < -0.4 is 15.0 Å². The molecular weight excluding hydrogens is 393 g/mol. The van der Waals surface area contributed by atoms with Gasteiger partial charge in [0.25, 0.3) is 5.91 Å². The number of halogens is 2. The Labute approximate surface area is 164 Å². The molecule has 1 aliphatic rings. The van der Waals surface area contributed by atoms with Gasteiger partial charge < -0.3 is 4.74 Å². The number of barbiturate groups is 1. The van der Waals surface area contributed by atoms with Crippen LogP contribution in [0.4, 0.5) is 16.2 Å². The average Bonchev–Trinajstić information content (AvgIpc) is 2.60. The van der Waals surface area contributed by atoms with E-state index in [0.717, 1.165) is 11.1 Å². The van der Waals surface area contributed by atoms with Crippen LogP contribution in [-0.2, 0) is 9.59 Å². The molecule has 1 aliphatic heterocycles. The molecule has 7 nitrogen and oxygen atoms in total. The highest BCUT2D eigenvalue weighted by Crippen LogP contribution is 2.26. The first-order valence-electron chi connectivity index (χ1n) is 7.72. The molecule has 9 heteroatoms. The predicted molar refractivity (Wildman–Crippen MR) is 102 cm³/mol. The molecule has 0 aliphatic carbocycles. The number of ether oxygens (including phenoxy) is 1. The predicted octanol–water partition coefficient (Wildman–Crippen LogP) is 3.60. The fourth-order valence-electron chi connectivity index (χ4n) is 2.49. The lowest BCUT2D eigenvalue weighted by molar-refractivity contribution is -0.131. The number of carbonyl (C=O) groups is 3. The van der Waals surface area contributed by atoms with E-state index in [1.165, 1.54) is 31.4 Å². The Hall–Kier alpha value is -2.90. The zero-order chi connectivity index (χ0) is 19.6. The lowest BCUT2D eigenvalue weighted by Gasteiger charge is -2.28. The molecule has 2 aromatic rings. The van der Waals surface area contributed by atoms with Gasteiger partial charge in [-0.3, -0.25) is 19.9 Å². The maximum absolute atomic E-state index is 12.8. The number of amides is 4. The average molecular weight is 406 g/mol. The molecule has 3 rings (SSSR count). The van der Waals surface area contributed by atoms with Crippen LogP contribution in [0.25, 0.3) is 0 Å². The Kier molecular flexibility index (Phi) is 5.43. The topological polar surface area (TPSA) is 88.1 Å². The number of urea groups is 1. The summed E-state index contributed by atoms with van der Waals surface area (Å²) >= 11 is 11.8. The van der Waals surface area contributed by atoms with Crippen LogP contribution >= 0.6 is 23.2 Å². The molecule has 1 fully saturated rings. The van der Waals surface area contributed by atoms with Gasteiger partial charge in [0.15, 0.2) is 5.92 Å². The number of benzene rings is 2. The third kappa shape index (κ3) is 4.10. The highest BCUT2D eigenvalue weighted by atomic mass is 35.5. The molecule has 1 N–H and O–H groups in total. The highest BCUT2D eigenvalue weighted by molar-refractivity contribution is 6.35. The van der Waals surface area contributed by atoms with Gasteiger partial charge in [-0.2, -0.15) is 0 Å². The number of hydrogen-bond donors (Lipinski definition) is 1. The molecule has 27 heavy (non-hydrogen) atoms. The molecule has 1 atom stereocenters. The van der Waals surface area contributed by atoms with Crippen molar-refractivity contribution >= 4 is 58.6 Å². The van der Waals surface area contributed by atoms with Gasteiger partial charge in [-0.05, 0) is 30.3 Å². The van der Waals surface area contributed by atoms with Crippen LogP contribution in [0.5, 0.6) is 5.75 Å². The zero-order valence-corrected chi connectivity index (χ0v) is 15.5. The van der Waals surface area contributed by atoms with E-state index >= 15 is 0 Å². The fourth-order valence-corrected chi connectivity index (χ4v) is 3.00. The molecule has 0 unspecified atom stereocenters. The summed E-state index contributed by atoms with van der Waals surface area (Å²) in [4.78, 5) is 42.0. The number of nitrogens with one attached hydrogen (secondary N) is 1. The second kappa shape index (κ2) is 7.77. The monoisotopic (exact) mass is 405 g/mol. The van der Waals surface area contributed by atoms with E-state index in [9.17, 15) is 14.4 Å². The lowest BCUT2D eigenvalue weighted by Crippen LogP contribution is -2.58. The SMILES string of the molecule is COc1cccc(N2C(=O)NC(=O)[C@H](C=Nc3cc(Cl)cc(Cl)c3)C2=O)c1.